The maximum atomic E-state index is 13.4. The number of ether oxygens (including phenoxy) is 1. The summed E-state index contributed by atoms with van der Waals surface area (Å²) in [5, 5.41) is 9.48. The molecule has 0 unspecified atom stereocenters. The lowest BCUT2D eigenvalue weighted by Gasteiger charge is -2.32. The van der Waals surface area contributed by atoms with E-state index >= 15 is 0 Å². The van der Waals surface area contributed by atoms with Crippen molar-refractivity contribution in [3.8, 4) is 11.4 Å². The van der Waals surface area contributed by atoms with Crippen molar-refractivity contribution in [2.24, 2.45) is 5.92 Å². The van der Waals surface area contributed by atoms with Crippen molar-refractivity contribution in [1.82, 2.24) is 19.7 Å². The van der Waals surface area contributed by atoms with Gasteiger partial charge in [0, 0.05) is 25.3 Å². The molecule has 0 aliphatic carbocycles. The molecule has 0 radical (unpaired) electrons. The van der Waals surface area contributed by atoms with Crippen LogP contribution >= 0.6 is 11.8 Å². The molecule has 1 atom stereocenters. The number of rotatable bonds is 8. The van der Waals surface area contributed by atoms with Gasteiger partial charge in [0.1, 0.15) is 5.82 Å². The molecule has 2 fully saturated rings. The monoisotopic (exact) mass is 494 g/mol. The van der Waals surface area contributed by atoms with Crippen molar-refractivity contribution in [3.05, 3.63) is 66.0 Å². The topological polar surface area (TPSA) is 60.3 Å². The fraction of sp³-hybridized carbons (Fsp3) is 0.444. The van der Waals surface area contributed by atoms with Crippen LogP contribution in [0.3, 0.4) is 0 Å². The van der Waals surface area contributed by atoms with Crippen molar-refractivity contribution < 1.29 is 13.9 Å². The highest BCUT2D eigenvalue weighted by atomic mass is 32.2. The van der Waals surface area contributed by atoms with Gasteiger partial charge in [0.15, 0.2) is 11.0 Å². The Morgan fingerprint density at radius 3 is 2.51 bits per heavy atom. The highest BCUT2D eigenvalue weighted by molar-refractivity contribution is 7.99. The van der Waals surface area contributed by atoms with E-state index < -0.39 is 0 Å². The van der Waals surface area contributed by atoms with Crippen LogP contribution in [-0.4, -0.2) is 57.1 Å². The summed E-state index contributed by atoms with van der Waals surface area (Å²) >= 11 is 1.42. The number of amides is 1. The number of piperidine rings is 1. The van der Waals surface area contributed by atoms with Crippen LogP contribution in [0.1, 0.15) is 31.2 Å². The summed E-state index contributed by atoms with van der Waals surface area (Å²) in [7, 11) is 0. The van der Waals surface area contributed by atoms with Gasteiger partial charge in [-0.1, -0.05) is 42.1 Å². The summed E-state index contributed by atoms with van der Waals surface area (Å²) in [5.74, 6) is 1.49. The zero-order chi connectivity index (χ0) is 24.0. The largest absolute Gasteiger partial charge is 0.376 e. The lowest BCUT2D eigenvalue weighted by Crippen LogP contribution is -2.39. The van der Waals surface area contributed by atoms with Crippen molar-refractivity contribution in [1.29, 1.82) is 0 Å². The molecule has 184 valence electrons. The van der Waals surface area contributed by atoms with Crippen molar-refractivity contribution in [2.45, 2.75) is 49.9 Å². The van der Waals surface area contributed by atoms with Gasteiger partial charge >= 0.3 is 0 Å². The highest BCUT2D eigenvalue weighted by Crippen LogP contribution is 2.28. The number of aromatic nitrogens is 3. The Morgan fingerprint density at radius 2 is 1.80 bits per heavy atom. The molecule has 2 saturated heterocycles. The Bertz CT molecular complexity index is 1110. The van der Waals surface area contributed by atoms with Crippen LogP contribution in [0.2, 0.25) is 0 Å². The lowest BCUT2D eigenvalue weighted by atomic mass is 9.90. The minimum Gasteiger partial charge on any atom is -0.376 e. The van der Waals surface area contributed by atoms with E-state index in [2.05, 4.69) is 34.5 Å². The molecule has 5 rings (SSSR count). The number of nitrogens with zero attached hydrogens (tertiary/aromatic N) is 4. The van der Waals surface area contributed by atoms with Crippen LogP contribution in [0.5, 0.6) is 0 Å². The number of carbonyl (C=O) groups is 1. The molecule has 35 heavy (non-hydrogen) atoms. The van der Waals surface area contributed by atoms with Gasteiger partial charge in [0.25, 0.3) is 0 Å². The average Bonchev–Trinajstić information content (AvgIpc) is 3.55. The number of hydrogen-bond acceptors (Lipinski definition) is 5. The molecule has 3 heterocycles. The Labute approximate surface area is 209 Å². The molecule has 8 heteroatoms. The molecule has 3 aromatic rings. The van der Waals surface area contributed by atoms with Gasteiger partial charge in [-0.2, -0.15) is 0 Å². The van der Waals surface area contributed by atoms with Crippen LogP contribution in [0, 0.1) is 11.7 Å². The molecular weight excluding hydrogens is 463 g/mol. The predicted molar refractivity (Wildman–Crippen MR) is 135 cm³/mol. The maximum absolute atomic E-state index is 13.4. The van der Waals surface area contributed by atoms with Gasteiger partial charge in [0.2, 0.25) is 5.91 Å². The fourth-order valence-corrected chi connectivity index (χ4v) is 5.77. The summed E-state index contributed by atoms with van der Waals surface area (Å²) in [4.78, 5) is 15.0. The van der Waals surface area contributed by atoms with Gasteiger partial charge in [-0.05, 0) is 67.9 Å². The van der Waals surface area contributed by atoms with E-state index in [4.69, 9.17) is 4.74 Å². The SMILES string of the molecule is O=C(CSc1nnc(-c2ccc(F)cc2)n1C[C@@H]1CCCO1)N1CCC(Cc2ccccc2)CC1. The van der Waals surface area contributed by atoms with Crippen LogP contribution in [0.15, 0.2) is 59.8 Å². The van der Waals surface area contributed by atoms with Crippen molar-refractivity contribution in [2.75, 3.05) is 25.4 Å². The zero-order valence-corrected chi connectivity index (χ0v) is 20.6. The molecule has 0 saturated carbocycles. The minimum absolute atomic E-state index is 0.101. The van der Waals surface area contributed by atoms with Gasteiger partial charge < -0.3 is 9.64 Å². The van der Waals surface area contributed by atoms with Crippen LogP contribution in [-0.2, 0) is 22.5 Å². The summed E-state index contributed by atoms with van der Waals surface area (Å²) in [5.41, 5.74) is 2.17. The van der Waals surface area contributed by atoms with Crippen LogP contribution in [0.25, 0.3) is 11.4 Å². The molecule has 0 bridgehead atoms. The third-order valence-corrected chi connectivity index (χ3v) is 7.84. The second-order valence-electron chi connectivity index (χ2n) is 9.36. The first kappa shape index (κ1) is 24.0. The zero-order valence-electron chi connectivity index (χ0n) is 19.8. The Morgan fingerprint density at radius 1 is 1.03 bits per heavy atom. The molecule has 6 nitrogen and oxygen atoms in total. The summed E-state index contributed by atoms with van der Waals surface area (Å²) < 4.78 is 21.3. The standard InChI is InChI=1S/C27H31FN4O2S/c28-23-10-8-22(9-11-23)26-29-30-27(32(26)18-24-7-4-16-34-24)35-19-25(33)31-14-12-21(13-15-31)17-20-5-2-1-3-6-20/h1-3,5-6,8-11,21,24H,4,7,12-19H2/t24-/m0/s1. The van der Waals surface area contributed by atoms with Crippen molar-refractivity contribution >= 4 is 17.7 Å². The quantitative estimate of drug-likeness (QED) is 0.420. The summed E-state index contributed by atoms with van der Waals surface area (Å²) in [6.07, 6.45) is 5.28. The summed E-state index contributed by atoms with van der Waals surface area (Å²) in [6.45, 7) is 3.00. The van der Waals surface area contributed by atoms with E-state index in [1.807, 2.05) is 15.5 Å². The third-order valence-electron chi connectivity index (χ3n) is 6.89. The highest BCUT2D eigenvalue weighted by Gasteiger charge is 2.25. The normalized spacial score (nSPS) is 18.8. The van der Waals surface area contributed by atoms with Crippen LogP contribution < -0.4 is 0 Å². The number of hydrogen-bond donors (Lipinski definition) is 0. The van der Waals surface area contributed by atoms with Gasteiger partial charge in [0.05, 0.1) is 18.4 Å². The first-order valence-corrected chi connectivity index (χ1v) is 13.4. The number of likely N-dealkylation sites (tertiary alicyclic amines) is 1. The molecule has 2 aliphatic heterocycles. The van der Waals surface area contributed by atoms with E-state index in [9.17, 15) is 9.18 Å². The molecule has 2 aliphatic rings. The molecule has 1 aromatic heterocycles. The van der Waals surface area contributed by atoms with E-state index in [0.717, 1.165) is 57.4 Å². The average molecular weight is 495 g/mol. The van der Waals surface area contributed by atoms with Crippen LogP contribution in [0.4, 0.5) is 4.39 Å². The first-order valence-electron chi connectivity index (χ1n) is 12.4. The predicted octanol–water partition coefficient (Wildman–Crippen LogP) is 4.84. The molecule has 0 spiro atoms. The van der Waals surface area contributed by atoms with E-state index in [1.54, 1.807) is 12.1 Å². The van der Waals surface area contributed by atoms with Gasteiger partial charge in [-0.15, -0.1) is 10.2 Å². The van der Waals surface area contributed by atoms with Crippen molar-refractivity contribution in [3.63, 3.8) is 0 Å². The maximum Gasteiger partial charge on any atom is 0.233 e. The smallest absolute Gasteiger partial charge is 0.233 e. The second kappa shape index (κ2) is 11.4. The number of benzene rings is 2. The molecule has 0 N–H and O–H groups in total. The molecule has 1 amide bonds. The van der Waals surface area contributed by atoms with Gasteiger partial charge in [-0.3, -0.25) is 9.36 Å². The minimum atomic E-state index is -0.285. The van der Waals surface area contributed by atoms with E-state index in [-0.39, 0.29) is 17.8 Å². The number of carbonyl (C=O) groups excluding carboxylic acids is 1. The fourth-order valence-electron chi connectivity index (χ4n) is 4.92. The first-order chi connectivity index (χ1) is 17.2. The number of halogens is 1. The Balaban J connectivity index is 1.20. The molecular formula is C27H31FN4O2S. The summed E-state index contributed by atoms with van der Waals surface area (Å²) in [6, 6.07) is 16.9. The van der Waals surface area contributed by atoms with E-state index in [1.165, 1.54) is 29.5 Å². The Kier molecular flexibility index (Phi) is 7.79. The second-order valence-corrected chi connectivity index (χ2v) is 10.3. The number of thioether (sulfide) groups is 1. The molecule has 2 aromatic carbocycles. The third kappa shape index (κ3) is 6.11. The Hall–Kier alpha value is -2.71. The van der Waals surface area contributed by atoms with Gasteiger partial charge in [-0.25, -0.2) is 4.39 Å². The lowest BCUT2D eigenvalue weighted by molar-refractivity contribution is -0.129. The van der Waals surface area contributed by atoms with E-state index in [0.29, 0.717) is 29.2 Å².